The van der Waals surface area contributed by atoms with Crippen molar-refractivity contribution in [1.29, 1.82) is 0 Å². The van der Waals surface area contributed by atoms with Crippen molar-refractivity contribution in [3.8, 4) is 11.5 Å². The fourth-order valence-corrected chi connectivity index (χ4v) is 3.80. The van der Waals surface area contributed by atoms with E-state index in [0.29, 0.717) is 38.2 Å². The molecule has 0 bridgehead atoms. The van der Waals surface area contributed by atoms with Gasteiger partial charge in [-0.15, -0.1) is 0 Å². The average molecular weight is 363 g/mol. The van der Waals surface area contributed by atoms with Crippen molar-refractivity contribution < 1.29 is 17.6 Å². The quantitative estimate of drug-likeness (QED) is 0.872. The van der Waals surface area contributed by atoms with Crippen LogP contribution in [0.1, 0.15) is 18.4 Å². The Morgan fingerprint density at radius 1 is 1.36 bits per heavy atom. The number of hydrogen-bond donors (Lipinski definition) is 1. The lowest BCUT2D eigenvalue weighted by molar-refractivity contribution is -0.126. The maximum absolute atomic E-state index is 12.3. The van der Waals surface area contributed by atoms with Crippen molar-refractivity contribution in [3.05, 3.63) is 42.3 Å². The Hall–Kier alpha value is -2.19. The summed E-state index contributed by atoms with van der Waals surface area (Å²) in [5.41, 5.74) is 1.65. The van der Waals surface area contributed by atoms with Gasteiger partial charge in [0.15, 0.2) is 5.76 Å². The first kappa shape index (κ1) is 17.6. The molecular weight excluding hydrogens is 342 g/mol. The summed E-state index contributed by atoms with van der Waals surface area (Å²) in [6.07, 6.45) is 5.57. The summed E-state index contributed by atoms with van der Waals surface area (Å²) in [6.45, 7) is 1.20. The number of hydrogen-bond acceptors (Lipinski definition) is 5. The van der Waals surface area contributed by atoms with Gasteiger partial charge in [0, 0.05) is 31.7 Å². The number of sulfonamides is 1. The van der Waals surface area contributed by atoms with E-state index in [0.717, 1.165) is 11.3 Å². The van der Waals surface area contributed by atoms with Gasteiger partial charge in [0.05, 0.1) is 12.5 Å². The summed E-state index contributed by atoms with van der Waals surface area (Å²) in [7, 11) is -3.17. The minimum Gasteiger partial charge on any atom is -0.463 e. The molecule has 0 saturated carbocycles. The smallest absolute Gasteiger partial charge is 0.223 e. The number of carbonyl (C=O) groups is 1. The second-order valence-corrected chi connectivity index (χ2v) is 8.16. The van der Waals surface area contributed by atoms with Crippen molar-refractivity contribution in [1.82, 2.24) is 14.6 Å². The van der Waals surface area contributed by atoms with Crippen molar-refractivity contribution >= 4 is 15.9 Å². The summed E-state index contributed by atoms with van der Waals surface area (Å²) in [5.74, 6) is 0.496. The molecule has 25 heavy (non-hydrogen) atoms. The Morgan fingerprint density at radius 3 is 2.76 bits per heavy atom. The number of furan rings is 1. The minimum atomic E-state index is -3.17. The molecule has 0 aromatic carbocycles. The fourth-order valence-electron chi connectivity index (χ4n) is 2.93. The van der Waals surface area contributed by atoms with Crippen LogP contribution in [-0.4, -0.2) is 43.0 Å². The molecule has 0 unspecified atom stereocenters. The van der Waals surface area contributed by atoms with Crippen LogP contribution in [0.3, 0.4) is 0 Å². The summed E-state index contributed by atoms with van der Waals surface area (Å²) in [4.78, 5) is 16.6. The molecule has 1 N–H and O–H groups in total. The molecule has 8 heteroatoms. The molecular formula is C17H21N3O4S. The first-order valence-corrected chi connectivity index (χ1v) is 10.00. The van der Waals surface area contributed by atoms with Gasteiger partial charge >= 0.3 is 0 Å². The molecule has 1 aliphatic rings. The maximum atomic E-state index is 12.3. The standard InChI is InChI=1S/C17H21N3O4S/c1-25(22,23)20-8-5-14(6-9-20)17(21)19-12-13-4-7-18-15(11-13)16-3-2-10-24-16/h2-4,7,10-11,14H,5-6,8-9,12H2,1H3,(H,19,21). The summed E-state index contributed by atoms with van der Waals surface area (Å²) in [6, 6.07) is 7.36. The van der Waals surface area contributed by atoms with Gasteiger partial charge in [-0.2, -0.15) is 0 Å². The molecule has 3 heterocycles. The predicted molar refractivity (Wildman–Crippen MR) is 92.9 cm³/mol. The third-order valence-electron chi connectivity index (χ3n) is 4.36. The zero-order valence-electron chi connectivity index (χ0n) is 14.0. The molecule has 7 nitrogen and oxygen atoms in total. The minimum absolute atomic E-state index is 0.0375. The third kappa shape index (κ3) is 4.46. The molecule has 1 amide bonds. The number of rotatable bonds is 5. The summed E-state index contributed by atoms with van der Waals surface area (Å²) >= 11 is 0. The molecule has 1 saturated heterocycles. The maximum Gasteiger partial charge on any atom is 0.223 e. The Balaban J connectivity index is 1.54. The second kappa shape index (κ2) is 7.37. The number of nitrogens with zero attached hydrogens (tertiary/aromatic N) is 2. The van der Waals surface area contributed by atoms with Crippen LogP contribution in [0.15, 0.2) is 41.1 Å². The molecule has 0 atom stereocenters. The number of pyridine rings is 1. The summed E-state index contributed by atoms with van der Waals surface area (Å²) in [5, 5.41) is 2.93. The second-order valence-electron chi connectivity index (χ2n) is 6.18. The highest BCUT2D eigenvalue weighted by Crippen LogP contribution is 2.20. The van der Waals surface area contributed by atoms with E-state index in [4.69, 9.17) is 4.42 Å². The highest BCUT2D eigenvalue weighted by atomic mass is 32.2. The summed E-state index contributed by atoms with van der Waals surface area (Å²) < 4.78 is 29.8. The zero-order valence-corrected chi connectivity index (χ0v) is 14.8. The predicted octanol–water partition coefficient (Wildman–Crippen LogP) is 1.63. The Kier molecular flexibility index (Phi) is 5.19. The molecule has 134 valence electrons. The van der Waals surface area contributed by atoms with E-state index in [1.54, 1.807) is 18.5 Å². The van der Waals surface area contributed by atoms with E-state index in [-0.39, 0.29) is 11.8 Å². The lowest BCUT2D eigenvalue weighted by atomic mass is 9.97. The van der Waals surface area contributed by atoms with Gasteiger partial charge in [0.2, 0.25) is 15.9 Å². The fraction of sp³-hybridized carbons (Fsp3) is 0.412. The Morgan fingerprint density at radius 2 is 2.12 bits per heavy atom. The van der Waals surface area contributed by atoms with Crippen LogP contribution in [0.2, 0.25) is 0 Å². The SMILES string of the molecule is CS(=O)(=O)N1CCC(C(=O)NCc2ccnc(-c3ccco3)c2)CC1. The van der Waals surface area contributed by atoms with Crippen molar-refractivity contribution in [2.45, 2.75) is 19.4 Å². The Labute approximate surface area is 147 Å². The molecule has 1 aliphatic heterocycles. The van der Waals surface area contributed by atoms with E-state index >= 15 is 0 Å². The number of piperidine rings is 1. The highest BCUT2D eigenvalue weighted by Gasteiger charge is 2.28. The molecule has 3 rings (SSSR count). The lowest BCUT2D eigenvalue weighted by Crippen LogP contribution is -2.42. The molecule has 0 spiro atoms. The van der Waals surface area contributed by atoms with Crippen LogP contribution in [-0.2, 0) is 21.4 Å². The third-order valence-corrected chi connectivity index (χ3v) is 5.66. The number of amides is 1. The van der Waals surface area contributed by atoms with E-state index in [1.165, 1.54) is 10.6 Å². The molecule has 2 aromatic rings. The molecule has 0 radical (unpaired) electrons. The monoisotopic (exact) mass is 363 g/mol. The molecule has 1 fully saturated rings. The van der Waals surface area contributed by atoms with E-state index < -0.39 is 10.0 Å². The van der Waals surface area contributed by atoms with Crippen LogP contribution < -0.4 is 5.32 Å². The van der Waals surface area contributed by atoms with Gasteiger partial charge in [-0.1, -0.05) is 0 Å². The van der Waals surface area contributed by atoms with Crippen LogP contribution in [0.25, 0.3) is 11.5 Å². The van der Waals surface area contributed by atoms with Gasteiger partial charge in [-0.05, 0) is 42.7 Å². The molecule has 0 aliphatic carbocycles. The normalized spacial score (nSPS) is 16.7. The van der Waals surface area contributed by atoms with Crippen molar-refractivity contribution in [3.63, 3.8) is 0 Å². The Bertz CT molecular complexity index is 825. The van der Waals surface area contributed by atoms with Crippen LogP contribution >= 0.6 is 0 Å². The largest absolute Gasteiger partial charge is 0.463 e. The van der Waals surface area contributed by atoms with Gasteiger partial charge in [0.25, 0.3) is 0 Å². The van der Waals surface area contributed by atoms with Crippen LogP contribution in [0, 0.1) is 5.92 Å². The zero-order chi connectivity index (χ0) is 17.9. The topological polar surface area (TPSA) is 92.5 Å². The van der Waals surface area contributed by atoms with Crippen molar-refractivity contribution in [2.75, 3.05) is 19.3 Å². The number of aromatic nitrogens is 1. The van der Waals surface area contributed by atoms with E-state index in [1.807, 2.05) is 18.2 Å². The first-order chi connectivity index (χ1) is 11.9. The van der Waals surface area contributed by atoms with E-state index in [2.05, 4.69) is 10.3 Å². The molecule has 2 aromatic heterocycles. The number of carbonyl (C=O) groups excluding carboxylic acids is 1. The highest BCUT2D eigenvalue weighted by molar-refractivity contribution is 7.88. The van der Waals surface area contributed by atoms with Gasteiger partial charge < -0.3 is 9.73 Å². The van der Waals surface area contributed by atoms with E-state index in [9.17, 15) is 13.2 Å². The van der Waals surface area contributed by atoms with Crippen LogP contribution in [0.5, 0.6) is 0 Å². The number of nitrogens with one attached hydrogen (secondary N) is 1. The first-order valence-electron chi connectivity index (χ1n) is 8.15. The average Bonchev–Trinajstić information content (AvgIpc) is 3.14. The van der Waals surface area contributed by atoms with Gasteiger partial charge in [-0.3, -0.25) is 9.78 Å². The van der Waals surface area contributed by atoms with Crippen LogP contribution in [0.4, 0.5) is 0 Å². The lowest BCUT2D eigenvalue weighted by Gasteiger charge is -2.29. The van der Waals surface area contributed by atoms with Gasteiger partial charge in [0.1, 0.15) is 5.69 Å². The van der Waals surface area contributed by atoms with Gasteiger partial charge in [-0.25, -0.2) is 12.7 Å². The van der Waals surface area contributed by atoms with Crippen molar-refractivity contribution in [2.24, 2.45) is 5.92 Å².